The van der Waals surface area contributed by atoms with E-state index in [1.165, 1.54) is 18.2 Å². The molecule has 2 N–H and O–H groups in total. The highest BCUT2D eigenvalue weighted by Gasteiger charge is 2.28. The summed E-state index contributed by atoms with van der Waals surface area (Å²) < 4.78 is 13.6. The molecule has 0 aliphatic rings. The van der Waals surface area contributed by atoms with E-state index in [4.69, 9.17) is 16.7 Å². The number of nitrogens with one attached hydrogen (secondary N) is 1. The minimum atomic E-state index is -1.00. The predicted octanol–water partition coefficient (Wildman–Crippen LogP) is 3.03. The van der Waals surface area contributed by atoms with Gasteiger partial charge >= 0.3 is 5.97 Å². The number of carboxylic acids is 1. The molecule has 21 heavy (non-hydrogen) atoms. The van der Waals surface area contributed by atoms with Crippen LogP contribution in [-0.4, -0.2) is 23.0 Å². The molecule has 1 aromatic carbocycles. The first-order valence-electron chi connectivity index (χ1n) is 6.55. The number of benzene rings is 1. The van der Waals surface area contributed by atoms with E-state index in [1.807, 2.05) is 20.8 Å². The summed E-state index contributed by atoms with van der Waals surface area (Å²) in [6, 6.07) is 3.65. The fourth-order valence-corrected chi connectivity index (χ4v) is 2.09. The Morgan fingerprint density at radius 1 is 1.38 bits per heavy atom. The largest absolute Gasteiger partial charge is 0.481 e. The Morgan fingerprint density at radius 2 is 2.00 bits per heavy atom. The molecule has 0 bridgehead atoms. The van der Waals surface area contributed by atoms with Crippen molar-refractivity contribution in [3.05, 3.63) is 34.6 Å². The lowest BCUT2D eigenvalue weighted by Crippen LogP contribution is -2.45. The van der Waals surface area contributed by atoms with Crippen LogP contribution in [0.25, 0.3) is 0 Å². The number of carbonyl (C=O) groups is 2. The van der Waals surface area contributed by atoms with E-state index < -0.39 is 29.2 Å². The lowest BCUT2D eigenvalue weighted by Gasteiger charge is -2.30. The molecule has 0 saturated heterocycles. The van der Waals surface area contributed by atoms with Gasteiger partial charge in [0, 0.05) is 16.6 Å². The Labute approximate surface area is 128 Å². The monoisotopic (exact) mass is 315 g/mol. The molecule has 0 saturated carbocycles. The first-order valence-corrected chi connectivity index (χ1v) is 6.93. The van der Waals surface area contributed by atoms with Crippen LogP contribution >= 0.6 is 11.6 Å². The first kappa shape index (κ1) is 17.4. The van der Waals surface area contributed by atoms with Crippen LogP contribution < -0.4 is 5.32 Å². The summed E-state index contributed by atoms with van der Waals surface area (Å²) in [6.45, 7) is 5.49. The van der Waals surface area contributed by atoms with E-state index in [0.717, 1.165) is 0 Å². The Balaban J connectivity index is 2.81. The molecule has 6 heteroatoms. The molecule has 1 atom stereocenters. The minimum absolute atomic E-state index is 0.111. The summed E-state index contributed by atoms with van der Waals surface area (Å²) in [6.07, 6.45) is -0.419. The fourth-order valence-electron chi connectivity index (χ4n) is 1.86. The van der Waals surface area contributed by atoms with Crippen molar-refractivity contribution in [1.82, 2.24) is 5.32 Å². The van der Waals surface area contributed by atoms with Crippen LogP contribution in [0.15, 0.2) is 18.2 Å². The van der Waals surface area contributed by atoms with Gasteiger partial charge in [-0.15, -0.1) is 0 Å². The molecular weight excluding hydrogens is 297 g/mol. The van der Waals surface area contributed by atoms with Crippen LogP contribution in [0.3, 0.4) is 0 Å². The third-order valence-electron chi connectivity index (χ3n) is 3.16. The van der Waals surface area contributed by atoms with Crippen LogP contribution in [0.5, 0.6) is 0 Å². The molecule has 0 aromatic heterocycles. The van der Waals surface area contributed by atoms with Gasteiger partial charge in [-0.3, -0.25) is 9.59 Å². The molecule has 1 aromatic rings. The van der Waals surface area contributed by atoms with Crippen molar-refractivity contribution in [2.24, 2.45) is 5.41 Å². The fraction of sp³-hybridized carbons (Fsp3) is 0.467. The Bertz CT molecular complexity index is 520. The van der Waals surface area contributed by atoms with E-state index in [9.17, 15) is 14.0 Å². The van der Waals surface area contributed by atoms with Crippen LogP contribution in [0.2, 0.25) is 5.02 Å². The van der Waals surface area contributed by atoms with Gasteiger partial charge in [-0.1, -0.05) is 38.4 Å². The SMILES string of the molecule is CC(C)(C)C(CC(=O)O)NC(=O)Cc1c(F)cccc1Cl. The van der Waals surface area contributed by atoms with Gasteiger partial charge in [0.05, 0.1) is 12.8 Å². The number of aliphatic carboxylic acids is 1. The average Bonchev–Trinajstić information content (AvgIpc) is 2.31. The van der Waals surface area contributed by atoms with Gasteiger partial charge in [0.25, 0.3) is 0 Å². The smallest absolute Gasteiger partial charge is 0.305 e. The molecule has 4 nitrogen and oxygen atoms in total. The van der Waals surface area contributed by atoms with Crippen molar-refractivity contribution in [3.63, 3.8) is 0 Å². The quantitative estimate of drug-likeness (QED) is 0.877. The topological polar surface area (TPSA) is 66.4 Å². The van der Waals surface area contributed by atoms with Gasteiger partial charge in [-0.2, -0.15) is 0 Å². The maximum Gasteiger partial charge on any atom is 0.305 e. The summed E-state index contributed by atoms with van der Waals surface area (Å²) in [4.78, 5) is 22.9. The van der Waals surface area contributed by atoms with Crippen LogP contribution in [0.1, 0.15) is 32.8 Å². The summed E-state index contributed by atoms with van der Waals surface area (Å²) in [7, 11) is 0. The molecule has 0 aliphatic carbocycles. The lowest BCUT2D eigenvalue weighted by molar-refractivity contribution is -0.138. The highest BCUT2D eigenvalue weighted by Crippen LogP contribution is 2.23. The minimum Gasteiger partial charge on any atom is -0.481 e. The highest BCUT2D eigenvalue weighted by atomic mass is 35.5. The summed E-state index contributed by atoms with van der Waals surface area (Å²) in [5.74, 6) is -2.01. The predicted molar refractivity (Wildman–Crippen MR) is 78.8 cm³/mol. The number of hydrogen-bond acceptors (Lipinski definition) is 2. The van der Waals surface area contributed by atoms with Gasteiger partial charge in [-0.25, -0.2) is 4.39 Å². The maximum atomic E-state index is 13.6. The summed E-state index contributed by atoms with van der Waals surface area (Å²) in [5, 5.41) is 11.7. The Hall–Kier alpha value is -1.62. The summed E-state index contributed by atoms with van der Waals surface area (Å²) >= 11 is 5.87. The molecule has 0 aliphatic heterocycles. The van der Waals surface area contributed by atoms with Gasteiger partial charge in [-0.05, 0) is 17.5 Å². The van der Waals surface area contributed by atoms with Crippen LogP contribution in [-0.2, 0) is 16.0 Å². The van der Waals surface area contributed by atoms with Gasteiger partial charge in [0.15, 0.2) is 0 Å². The average molecular weight is 316 g/mol. The molecule has 1 rings (SSSR count). The number of halogens is 2. The normalized spacial score (nSPS) is 12.8. The van der Waals surface area contributed by atoms with Crippen molar-refractivity contribution < 1.29 is 19.1 Å². The zero-order chi connectivity index (χ0) is 16.2. The molecular formula is C15H19ClFNO3. The number of carbonyl (C=O) groups excluding carboxylic acids is 1. The van der Waals surface area contributed by atoms with Crippen molar-refractivity contribution in [2.45, 2.75) is 39.7 Å². The van der Waals surface area contributed by atoms with Crippen molar-refractivity contribution in [2.75, 3.05) is 0 Å². The lowest BCUT2D eigenvalue weighted by atomic mass is 9.84. The number of hydrogen-bond donors (Lipinski definition) is 2. The van der Waals surface area contributed by atoms with Gasteiger partial charge in [0.1, 0.15) is 5.82 Å². The van der Waals surface area contributed by atoms with E-state index >= 15 is 0 Å². The maximum absolute atomic E-state index is 13.6. The number of amides is 1. The second kappa shape index (κ2) is 6.89. The third kappa shape index (κ3) is 5.34. The van der Waals surface area contributed by atoms with E-state index in [2.05, 4.69) is 5.32 Å². The Kier molecular flexibility index (Phi) is 5.72. The zero-order valence-electron chi connectivity index (χ0n) is 12.2. The zero-order valence-corrected chi connectivity index (χ0v) is 13.0. The third-order valence-corrected chi connectivity index (χ3v) is 3.51. The van der Waals surface area contributed by atoms with Crippen molar-refractivity contribution in [1.29, 1.82) is 0 Å². The summed E-state index contributed by atoms with van der Waals surface area (Å²) in [5.41, 5.74) is -0.313. The molecule has 116 valence electrons. The molecule has 1 amide bonds. The van der Waals surface area contributed by atoms with E-state index in [1.54, 1.807) is 0 Å². The molecule has 0 spiro atoms. The van der Waals surface area contributed by atoms with E-state index in [-0.39, 0.29) is 23.4 Å². The van der Waals surface area contributed by atoms with Gasteiger partial charge in [0.2, 0.25) is 5.91 Å². The number of carboxylic acid groups (broad SMARTS) is 1. The molecule has 0 radical (unpaired) electrons. The second-order valence-electron chi connectivity index (χ2n) is 5.96. The first-order chi connectivity index (χ1) is 9.61. The number of rotatable bonds is 5. The molecule has 0 heterocycles. The Morgan fingerprint density at radius 3 is 2.48 bits per heavy atom. The highest BCUT2D eigenvalue weighted by molar-refractivity contribution is 6.31. The van der Waals surface area contributed by atoms with Crippen LogP contribution in [0.4, 0.5) is 4.39 Å². The van der Waals surface area contributed by atoms with Crippen molar-refractivity contribution >= 4 is 23.5 Å². The second-order valence-corrected chi connectivity index (χ2v) is 6.37. The van der Waals surface area contributed by atoms with Crippen molar-refractivity contribution in [3.8, 4) is 0 Å². The van der Waals surface area contributed by atoms with E-state index in [0.29, 0.717) is 0 Å². The van der Waals surface area contributed by atoms with Gasteiger partial charge < -0.3 is 10.4 Å². The molecule has 1 unspecified atom stereocenters. The van der Waals surface area contributed by atoms with Crippen LogP contribution in [0, 0.1) is 11.2 Å². The molecule has 0 fully saturated rings. The standard InChI is InChI=1S/C15H19ClFNO3/c1-15(2,3)12(8-14(20)21)18-13(19)7-9-10(16)5-4-6-11(9)17/h4-6,12H,7-8H2,1-3H3,(H,18,19)(H,20,21).